The molecule has 4 nitrogen and oxygen atoms in total. The predicted molar refractivity (Wildman–Crippen MR) is 55.6 cm³/mol. The first-order valence-electron chi connectivity index (χ1n) is 4.48. The van der Waals surface area contributed by atoms with E-state index in [0.717, 1.165) is 5.56 Å². The fourth-order valence-electron chi connectivity index (χ4n) is 1.53. The lowest BCUT2D eigenvalue weighted by atomic mass is 10.0. The summed E-state index contributed by atoms with van der Waals surface area (Å²) < 4.78 is 10.5. The summed E-state index contributed by atoms with van der Waals surface area (Å²) in [5.41, 5.74) is 6.83. The van der Waals surface area contributed by atoms with Gasteiger partial charge < -0.3 is 15.2 Å². The van der Waals surface area contributed by atoms with Gasteiger partial charge in [-0.25, -0.2) is 0 Å². The Morgan fingerprint density at radius 3 is 2.80 bits per heavy atom. The molecule has 0 bridgehead atoms. The molecule has 0 radical (unpaired) electrons. The van der Waals surface area contributed by atoms with E-state index in [-0.39, 0.29) is 12.8 Å². The van der Waals surface area contributed by atoms with Gasteiger partial charge in [-0.2, -0.15) is 0 Å². The van der Waals surface area contributed by atoms with Crippen molar-refractivity contribution in [3.8, 4) is 11.5 Å². The zero-order valence-electron chi connectivity index (χ0n) is 8.12. The Labute approximate surface area is 91.9 Å². The summed E-state index contributed by atoms with van der Waals surface area (Å²) in [4.78, 5) is 10.8. The fourth-order valence-corrected chi connectivity index (χ4v) is 1.78. The van der Waals surface area contributed by atoms with Gasteiger partial charge in [0.05, 0.1) is 10.6 Å². The average Bonchev–Trinajstić information content (AvgIpc) is 2.64. The topological polar surface area (TPSA) is 61.6 Å². The molecule has 0 spiro atoms. The molecule has 0 aliphatic carbocycles. The molecular weight excluding hydrogens is 218 g/mol. The van der Waals surface area contributed by atoms with Crippen LogP contribution in [-0.4, -0.2) is 13.1 Å². The van der Waals surface area contributed by atoms with Gasteiger partial charge in [0.25, 0.3) is 0 Å². The largest absolute Gasteiger partial charge is 0.453 e. The number of carbonyl (C=O) groups excluding carboxylic acids is 1. The zero-order valence-corrected chi connectivity index (χ0v) is 8.88. The van der Waals surface area contributed by atoms with Gasteiger partial charge >= 0.3 is 0 Å². The first-order valence-corrected chi connectivity index (χ1v) is 4.85. The molecule has 1 aromatic rings. The Kier molecular flexibility index (Phi) is 2.54. The van der Waals surface area contributed by atoms with Crippen LogP contribution in [0.4, 0.5) is 0 Å². The summed E-state index contributed by atoms with van der Waals surface area (Å²) in [6.45, 7) is 1.91. The fraction of sp³-hybridized carbons (Fsp3) is 0.300. The van der Waals surface area contributed by atoms with Crippen molar-refractivity contribution in [2.75, 3.05) is 6.79 Å². The van der Waals surface area contributed by atoms with E-state index in [1.807, 2.05) is 6.92 Å². The van der Waals surface area contributed by atoms with Crippen molar-refractivity contribution in [1.82, 2.24) is 0 Å². The average molecular weight is 228 g/mol. The van der Waals surface area contributed by atoms with Crippen LogP contribution >= 0.6 is 11.6 Å². The number of hydrogen-bond acceptors (Lipinski definition) is 4. The quantitative estimate of drug-likeness (QED) is 0.784. The van der Waals surface area contributed by atoms with Crippen LogP contribution in [0.3, 0.4) is 0 Å². The molecule has 1 aromatic carbocycles. The minimum Gasteiger partial charge on any atom is -0.453 e. The number of carbonyl (C=O) groups is 1. The second-order valence-electron chi connectivity index (χ2n) is 3.33. The molecule has 1 heterocycles. The third kappa shape index (κ3) is 1.56. The number of hydrogen-bond donors (Lipinski definition) is 1. The molecule has 1 aliphatic rings. The van der Waals surface area contributed by atoms with Crippen molar-refractivity contribution in [3.05, 3.63) is 22.2 Å². The molecular formula is C10H10ClNO3. The van der Waals surface area contributed by atoms with Crippen LogP contribution in [-0.2, 0) is 0 Å². The van der Waals surface area contributed by atoms with Crippen LogP contribution in [0.1, 0.15) is 28.9 Å². The number of fused-ring (bicyclic) bond motifs is 1. The number of halogens is 1. The molecule has 80 valence electrons. The lowest BCUT2D eigenvalue weighted by Crippen LogP contribution is -2.06. The van der Waals surface area contributed by atoms with Crippen molar-refractivity contribution in [2.24, 2.45) is 5.73 Å². The number of ether oxygens (including phenoxy) is 2. The highest BCUT2D eigenvalue weighted by molar-refractivity contribution is 6.33. The molecule has 5 heteroatoms. The van der Waals surface area contributed by atoms with Crippen molar-refractivity contribution >= 4 is 17.9 Å². The Hall–Kier alpha value is -1.26. The summed E-state index contributed by atoms with van der Waals surface area (Å²) in [6, 6.07) is 1.42. The summed E-state index contributed by atoms with van der Waals surface area (Å²) in [6.07, 6.45) is 0.654. The van der Waals surface area contributed by atoms with Crippen LogP contribution < -0.4 is 15.2 Å². The van der Waals surface area contributed by atoms with E-state index in [0.29, 0.717) is 28.4 Å². The molecule has 1 unspecified atom stereocenters. The highest BCUT2D eigenvalue weighted by Gasteiger charge is 2.25. The van der Waals surface area contributed by atoms with Crippen LogP contribution in [0.5, 0.6) is 11.5 Å². The van der Waals surface area contributed by atoms with Gasteiger partial charge in [-0.15, -0.1) is 0 Å². The lowest BCUT2D eigenvalue weighted by molar-refractivity contribution is 0.111. The van der Waals surface area contributed by atoms with Gasteiger partial charge in [0.2, 0.25) is 6.79 Å². The van der Waals surface area contributed by atoms with E-state index in [1.165, 1.54) is 0 Å². The van der Waals surface area contributed by atoms with Gasteiger partial charge in [-0.05, 0) is 13.0 Å². The smallest absolute Gasteiger partial charge is 0.231 e. The molecule has 0 saturated carbocycles. The molecule has 0 amide bonds. The molecule has 1 atom stereocenters. The maximum Gasteiger partial charge on any atom is 0.231 e. The van der Waals surface area contributed by atoms with E-state index in [1.54, 1.807) is 6.07 Å². The molecule has 2 rings (SSSR count). The first kappa shape index (κ1) is 10.3. The molecule has 0 saturated heterocycles. The maximum atomic E-state index is 10.8. The van der Waals surface area contributed by atoms with Gasteiger partial charge in [-0.3, -0.25) is 4.79 Å². The summed E-state index contributed by atoms with van der Waals surface area (Å²) in [5, 5.41) is 0.335. The number of nitrogens with two attached hydrogens (primary N) is 1. The molecule has 0 fully saturated rings. The first-order chi connectivity index (χ1) is 7.15. The van der Waals surface area contributed by atoms with E-state index in [9.17, 15) is 4.79 Å². The molecule has 0 aromatic heterocycles. The second kappa shape index (κ2) is 3.72. The zero-order chi connectivity index (χ0) is 11.0. The van der Waals surface area contributed by atoms with Crippen molar-refractivity contribution in [2.45, 2.75) is 13.0 Å². The summed E-state index contributed by atoms with van der Waals surface area (Å²) in [5.74, 6) is 0.918. The van der Waals surface area contributed by atoms with Gasteiger partial charge in [-0.1, -0.05) is 11.6 Å². The minimum atomic E-state index is -0.223. The van der Waals surface area contributed by atoms with Crippen LogP contribution in [0, 0.1) is 0 Å². The normalized spacial score (nSPS) is 15.1. The third-order valence-corrected chi connectivity index (χ3v) is 2.58. The number of aldehydes is 1. The Morgan fingerprint density at radius 2 is 2.20 bits per heavy atom. The number of rotatable bonds is 2. The van der Waals surface area contributed by atoms with Gasteiger partial charge in [0.1, 0.15) is 0 Å². The highest BCUT2D eigenvalue weighted by atomic mass is 35.5. The van der Waals surface area contributed by atoms with Crippen LogP contribution in [0.15, 0.2) is 6.07 Å². The Bertz CT molecular complexity index is 418. The SMILES string of the molecule is CC(N)c1cc(Cl)c(C=O)c2c1OCO2. The van der Waals surface area contributed by atoms with E-state index < -0.39 is 0 Å². The van der Waals surface area contributed by atoms with Crippen LogP contribution in [0.2, 0.25) is 5.02 Å². The summed E-state index contributed by atoms with van der Waals surface area (Å²) >= 11 is 5.93. The van der Waals surface area contributed by atoms with E-state index in [2.05, 4.69) is 0 Å². The van der Waals surface area contributed by atoms with Crippen molar-refractivity contribution in [3.63, 3.8) is 0 Å². The van der Waals surface area contributed by atoms with Gasteiger partial charge in [0, 0.05) is 11.6 Å². The lowest BCUT2D eigenvalue weighted by Gasteiger charge is -2.11. The number of benzene rings is 1. The van der Waals surface area contributed by atoms with E-state index >= 15 is 0 Å². The molecule has 2 N–H and O–H groups in total. The van der Waals surface area contributed by atoms with Crippen molar-refractivity contribution in [1.29, 1.82) is 0 Å². The summed E-state index contributed by atoms with van der Waals surface area (Å²) in [7, 11) is 0. The highest BCUT2D eigenvalue weighted by Crippen LogP contribution is 2.43. The Balaban J connectivity index is 2.67. The standard InChI is InChI=1S/C10H10ClNO3/c1-5(12)6-2-8(11)7(3-13)10-9(6)14-4-15-10/h2-3,5H,4,12H2,1H3. The second-order valence-corrected chi connectivity index (χ2v) is 3.74. The minimum absolute atomic E-state index is 0.0935. The van der Waals surface area contributed by atoms with Crippen molar-refractivity contribution < 1.29 is 14.3 Å². The predicted octanol–water partition coefficient (Wildman–Crippen LogP) is 1.90. The third-order valence-electron chi connectivity index (χ3n) is 2.27. The van der Waals surface area contributed by atoms with Crippen LogP contribution in [0.25, 0.3) is 0 Å². The Morgan fingerprint density at radius 1 is 1.53 bits per heavy atom. The monoisotopic (exact) mass is 227 g/mol. The van der Waals surface area contributed by atoms with Gasteiger partial charge in [0.15, 0.2) is 17.8 Å². The molecule has 1 aliphatic heterocycles. The molecule has 15 heavy (non-hydrogen) atoms. The van der Waals surface area contributed by atoms with E-state index in [4.69, 9.17) is 26.8 Å². The maximum absolute atomic E-state index is 10.8.